The third-order valence-electron chi connectivity index (χ3n) is 1.23. The molecule has 0 aliphatic rings. The van der Waals surface area contributed by atoms with Crippen LogP contribution in [0.4, 0.5) is 0 Å². The summed E-state index contributed by atoms with van der Waals surface area (Å²) in [6.45, 7) is 3.14. The fourth-order valence-electron chi connectivity index (χ4n) is 0.113. The maximum absolute atomic E-state index is 8.77. The minimum Gasteiger partial charge on any atom is -0.377 e. The smallest absolute Gasteiger partial charge is 0.136 e. The van der Waals surface area contributed by atoms with Gasteiger partial charge in [0.05, 0.1) is 0 Å². The van der Waals surface area contributed by atoms with Crippen molar-refractivity contribution in [1.82, 2.24) is 0 Å². The molecule has 0 fully saturated rings. The molecule has 0 amide bonds. The summed E-state index contributed by atoms with van der Waals surface area (Å²) in [5.74, 6) is 0. The summed E-state index contributed by atoms with van der Waals surface area (Å²) in [6.07, 6.45) is 0. The monoisotopic (exact) mass is 172 g/mol. The maximum atomic E-state index is 8.77. The van der Waals surface area contributed by atoms with E-state index in [2.05, 4.69) is 0 Å². The first kappa shape index (κ1) is 9.50. The summed E-state index contributed by atoms with van der Waals surface area (Å²) >= 11 is 10.6. The van der Waals surface area contributed by atoms with Gasteiger partial charge in [0.1, 0.15) is 11.1 Å². The molecule has 0 bridgehead atoms. The number of aliphatic hydroxyl groups is 2. The van der Waals surface area contributed by atoms with Crippen LogP contribution in [0.15, 0.2) is 0 Å². The number of rotatable bonds is 2. The molecule has 0 aromatic rings. The van der Waals surface area contributed by atoms with Crippen LogP contribution in [0.2, 0.25) is 0 Å². The van der Waals surface area contributed by atoms with Gasteiger partial charge in [-0.05, 0) is 0 Å². The van der Waals surface area contributed by atoms with E-state index in [9.17, 15) is 0 Å². The van der Waals surface area contributed by atoms with E-state index in [0.717, 1.165) is 0 Å². The van der Waals surface area contributed by atoms with E-state index in [1.54, 1.807) is 13.8 Å². The number of hydrogen-bond acceptors (Lipinski definition) is 2. The average Bonchev–Trinajstić information content (AvgIpc) is 1.65. The summed E-state index contributed by atoms with van der Waals surface area (Å²) in [7, 11) is 0. The van der Waals surface area contributed by atoms with Crippen molar-refractivity contribution in [3.05, 3.63) is 0 Å². The van der Waals surface area contributed by atoms with Crippen molar-refractivity contribution in [1.29, 1.82) is 0 Å². The fraction of sp³-hybridized carbons (Fsp3) is 1.00. The average molecular weight is 173 g/mol. The molecule has 2 unspecified atom stereocenters. The van der Waals surface area contributed by atoms with Gasteiger partial charge in [0.15, 0.2) is 0 Å². The van der Waals surface area contributed by atoms with Gasteiger partial charge in [-0.2, -0.15) is 0 Å². The lowest BCUT2D eigenvalue weighted by Gasteiger charge is -2.27. The van der Waals surface area contributed by atoms with Gasteiger partial charge >= 0.3 is 0 Å². The largest absolute Gasteiger partial charge is 0.377 e. The zero-order chi connectivity index (χ0) is 7.65. The van der Waals surface area contributed by atoms with Crippen LogP contribution >= 0.6 is 23.2 Å². The van der Waals surface area contributed by atoms with Crippen LogP contribution in [0.5, 0.6) is 0 Å². The van der Waals surface area contributed by atoms with Gasteiger partial charge in [0, 0.05) is 5.41 Å². The second-order valence-electron chi connectivity index (χ2n) is 2.49. The first-order valence-corrected chi connectivity index (χ1v) is 3.40. The van der Waals surface area contributed by atoms with E-state index in [1.807, 2.05) is 0 Å². The van der Waals surface area contributed by atoms with Crippen LogP contribution in [-0.4, -0.2) is 21.3 Å². The number of alkyl halides is 2. The van der Waals surface area contributed by atoms with E-state index in [-0.39, 0.29) is 0 Å². The van der Waals surface area contributed by atoms with Crippen LogP contribution < -0.4 is 0 Å². The molecule has 0 aromatic heterocycles. The van der Waals surface area contributed by atoms with E-state index in [1.165, 1.54) is 0 Å². The first-order valence-electron chi connectivity index (χ1n) is 2.53. The predicted molar refractivity (Wildman–Crippen MR) is 37.5 cm³/mol. The van der Waals surface area contributed by atoms with Crippen LogP contribution in [0, 0.1) is 5.41 Å². The lowest BCUT2D eigenvalue weighted by atomic mass is 9.96. The van der Waals surface area contributed by atoms with Gasteiger partial charge in [0.25, 0.3) is 0 Å². The molecule has 0 saturated carbocycles. The molecule has 2 atom stereocenters. The van der Waals surface area contributed by atoms with Crippen molar-refractivity contribution in [2.24, 2.45) is 5.41 Å². The molecule has 0 aliphatic heterocycles. The molecule has 0 heterocycles. The molecule has 9 heavy (non-hydrogen) atoms. The lowest BCUT2D eigenvalue weighted by Crippen LogP contribution is -2.33. The highest BCUT2D eigenvalue weighted by Gasteiger charge is 2.32. The molecular weight excluding hydrogens is 163 g/mol. The van der Waals surface area contributed by atoms with Crippen LogP contribution in [0.1, 0.15) is 13.8 Å². The van der Waals surface area contributed by atoms with E-state index in [0.29, 0.717) is 0 Å². The predicted octanol–water partition coefficient (Wildman–Crippen LogP) is 1.13. The highest BCUT2D eigenvalue weighted by atomic mass is 35.5. The molecule has 2 nitrogen and oxygen atoms in total. The highest BCUT2D eigenvalue weighted by Crippen LogP contribution is 2.29. The Morgan fingerprint density at radius 1 is 1.11 bits per heavy atom. The Hall–Kier alpha value is 0.500. The lowest BCUT2D eigenvalue weighted by molar-refractivity contribution is 0.0351. The number of aliphatic hydroxyl groups excluding tert-OH is 2. The third kappa shape index (κ3) is 2.30. The Kier molecular flexibility index (Phi) is 3.23. The van der Waals surface area contributed by atoms with Gasteiger partial charge in [-0.25, -0.2) is 0 Å². The highest BCUT2D eigenvalue weighted by molar-refractivity contribution is 6.23. The number of hydrogen-bond donors (Lipinski definition) is 2. The zero-order valence-electron chi connectivity index (χ0n) is 5.31. The second kappa shape index (κ2) is 3.06. The fourth-order valence-corrected chi connectivity index (χ4v) is 0.417. The first-order chi connectivity index (χ1) is 3.89. The quantitative estimate of drug-likeness (QED) is 0.614. The van der Waals surface area contributed by atoms with Gasteiger partial charge in [-0.3, -0.25) is 0 Å². The minimum atomic E-state index is -1.12. The second-order valence-corrected chi connectivity index (χ2v) is 3.32. The molecule has 0 rings (SSSR count). The maximum Gasteiger partial charge on any atom is 0.136 e. The molecule has 4 heteroatoms. The Balaban J connectivity index is 4.01. The molecule has 0 spiro atoms. The van der Waals surface area contributed by atoms with Gasteiger partial charge in [0.2, 0.25) is 0 Å². The van der Waals surface area contributed by atoms with Gasteiger partial charge < -0.3 is 10.2 Å². The molecule has 0 radical (unpaired) electrons. The van der Waals surface area contributed by atoms with Gasteiger partial charge in [-0.1, -0.05) is 37.0 Å². The zero-order valence-corrected chi connectivity index (χ0v) is 6.82. The van der Waals surface area contributed by atoms with Crippen LogP contribution in [-0.2, 0) is 0 Å². The normalized spacial score (nSPS) is 19.3. The number of halogens is 2. The summed E-state index contributed by atoms with van der Waals surface area (Å²) in [5.41, 5.74) is -3.10. The van der Waals surface area contributed by atoms with Crippen LogP contribution in [0.25, 0.3) is 0 Å². The Morgan fingerprint density at radius 2 is 1.33 bits per heavy atom. The van der Waals surface area contributed by atoms with Gasteiger partial charge in [-0.15, -0.1) is 0 Å². The molecule has 2 N–H and O–H groups in total. The van der Waals surface area contributed by atoms with E-state index in [4.69, 9.17) is 33.4 Å². The Morgan fingerprint density at radius 3 is 1.33 bits per heavy atom. The van der Waals surface area contributed by atoms with Crippen molar-refractivity contribution in [3.63, 3.8) is 0 Å². The van der Waals surface area contributed by atoms with Crippen molar-refractivity contribution in [2.45, 2.75) is 25.0 Å². The van der Waals surface area contributed by atoms with E-state index >= 15 is 0 Å². The SMILES string of the molecule is CC(C)(C(O)Cl)C(O)Cl. The van der Waals surface area contributed by atoms with Crippen molar-refractivity contribution in [3.8, 4) is 0 Å². The molecule has 0 aliphatic carbocycles. The van der Waals surface area contributed by atoms with E-state index < -0.39 is 16.5 Å². The summed E-state index contributed by atoms with van der Waals surface area (Å²) in [4.78, 5) is 0. The van der Waals surface area contributed by atoms with Crippen LogP contribution in [0.3, 0.4) is 0 Å². The summed E-state index contributed by atoms with van der Waals surface area (Å²) in [5, 5.41) is 17.5. The minimum absolute atomic E-state index is 0.858. The third-order valence-corrected chi connectivity index (χ3v) is 2.35. The summed E-state index contributed by atoms with van der Waals surface area (Å²) in [6, 6.07) is 0. The molecule has 0 aromatic carbocycles. The van der Waals surface area contributed by atoms with Crippen molar-refractivity contribution >= 4 is 23.2 Å². The summed E-state index contributed by atoms with van der Waals surface area (Å²) < 4.78 is 0. The standard InChI is InChI=1S/C5H10Cl2O2/c1-5(2,3(6)8)4(7)9/h3-4,8-9H,1-2H3. The Bertz CT molecular complexity index is 81.0. The van der Waals surface area contributed by atoms with Crippen molar-refractivity contribution in [2.75, 3.05) is 0 Å². The Labute approximate surface area is 64.4 Å². The molecular formula is C5H10Cl2O2. The van der Waals surface area contributed by atoms with Crippen molar-refractivity contribution < 1.29 is 10.2 Å². The molecule has 56 valence electrons. The topological polar surface area (TPSA) is 40.5 Å². The molecule has 0 saturated heterocycles.